The molecule has 6 rings (SSSR count). The van der Waals surface area contributed by atoms with Crippen molar-refractivity contribution in [3.63, 3.8) is 0 Å². The average molecular weight is 418 g/mol. The highest BCUT2D eigenvalue weighted by Crippen LogP contribution is 2.41. The van der Waals surface area contributed by atoms with Crippen LogP contribution in [0.3, 0.4) is 0 Å². The largest absolute Gasteiger partial charge is 0.454 e. The van der Waals surface area contributed by atoms with Gasteiger partial charge >= 0.3 is 0 Å². The maximum Gasteiger partial charge on any atom is 0.231 e. The summed E-state index contributed by atoms with van der Waals surface area (Å²) in [5, 5.41) is 6.97. The Hall–Kier alpha value is -3.16. The lowest BCUT2D eigenvalue weighted by atomic mass is 10.1. The van der Waals surface area contributed by atoms with E-state index < -0.39 is 0 Å². The molecule has 1 aliphatic heterocycles. The first-order valence-electron chi connectivity index (χ1n) is 9.19. The summed E-state index contributed by atoms with van der Waals surface area (Å²) in [6, 6.07) is 16.6. The third-order valence-corrected chi connectivity index (χ3v) is 7.08. The van der Waals surface area contributed by atoms with E-state index in [9.17, 15) is 0 Å². The number of benzene rings is 2. The minimum Gasteiger partial charge on any atom is -0.454 e. The highest BCUT2D eigenvalue weighted by molar-refractivity contribution is 7.23. The number of thiophene rings is 2. The smallest absolute Gasteiger partial charge is 0.231 e. The summed E-state index contributed by atoms with van der Waals surface area (Å²) in [7, 11) is 0. The Morgan fingerprint density at radius 2 is 1.93 bits per heavy atom. The van der Waals surface area contributed by atoms with E-state index in [2.05, 4.69) is 51.0 Å². The first kappa shape index (κ1) is 16.8. The molecule has 0 bridgehead atoms. The summed E-state index contributed by atoms with van der Waals surface area (Å²) < 4.78 is 13.2. The molecule has 0 atom stereocenters. The lowest BCUT2D eigenvalue weighted by molar-refractivity contribution is 0.174. The van der Waals surface area contributed by atoms with Crippen molar-refractivity contribution in [3.05, 3.63) is 65.8 Å². The van der Waals surface area contributed by atoms with E-state index in [0.29, 0.717) is 6.54 Å². The molecule has 29 heavy (non-hydrogen) atoms. The fourth-order valence-electron chi connectivity index (χ4n) is 3.52. The number of ether oxygens (including phenoxy) is 2. The summed E-state index contributed by atoms with van der Waals surface area (Å²) >= 11 is 3.50. The second-order valence-electron chi connectivity index (χ2n) is 6.73. The number of aromatic nitrogens is 2. The predicted molar refractivity (Wildman–Crippen MR) is 118 cm³/mol. The number of anilines is 1. The van der Waals surface area contributed by atoms with Crippen LogP contribution in [0, 0.1) is 0 Å². The lowest BCUT2D eigenvalue weighted by Gasteiger charge is -2.07. The fourth-order valence-corrected chi connectivity index (χ4v) is 5.66. The van der Waals surface area contributed by atoms with Crippen molar-refractivity contribution in [2.45, 2.75) is 6.54 Å². The van der Waals surface area contributed by atoms with Crippen molar-refractivity contribution in [1.29, 1.82) is 0 Å². The van der Waals surface area contributed by atoms with Crippen molar-refractivity contribution >= 4 is 48.8 Å². The van der Waals surface area contributed by atoms with Gasteiger partial charge in [-0.25, -0.2) is 9.97 Å². The monoisotopic (exact) mass is 417 g/mol. The Labute approximate surface area is 174 Å². The molecule has 0 unspecified atom stereocenters. The molecule has 0 radical (unpaired) electrons. The molecule has 0 saturated heterocycles. The predicted octanol–water partition coefficient (Wildman–Crippen LogP) is 5.91. The number of nitrogens with one attached hydrogen (secondary N) is 1. The van der Waals surface area contributed by atoms with Crippen molar-refractivity contribution < 1.29 is 9.47 Å². The van der Waals surface area contributed by atoms with E-state index >= 15 is 0 Å². The zero-order chi connectivity index (χ0) is 19.2. The number of rotatable bonds is 4. The van der Waals surface area contributed by atoms with E-state index in [1.54, 1.807) is 29.0 Å². The van der Waals surface area contributed by atoms with Crippen LogP contribution in [0.5, 0.6) is 11.5 Å². The van der Waals surface area contributed by atoms with Gasteiger partial charge in [0.1, 0.15) is 12.1 Å². The summed E-state index contributed by atoms with van der Waals surface area (Å²) in [5.41, 5.74) is 3.33. The van der Waals surface area contributed by atoms with Crippen molar-refractivity contribution in [2.75, 3.05) is 12.1 Å². The van der Waals surface area contributed by atoms with E-state index in [1.165, 1.54) is 20.5 Å². The number of hydrogen-bond donors (Lipinski definition) is 1. The zero-order valence-electron chi connectivity index (χ0n) is 15.2. The number of hydrogen-bond acceptors (Lipinski definition) is 7. The van der Waals surface area contributed by atoms with Gasteiger partial charge in [0.2, 0.25) is 6.79 Å². The van der Waals surface area contributed by atoms with Crippen LogP contribution in [-0.4, -0.2) is 16.8 Å². The van der Waals surface area contributed by atoms with E-state index in [-0.39, 0.29) is 6.79 Å². The Bertz CT molecular complexity index is 1360. The molecule has 2 aromatic carbocycles. The van der Waals surface area contributed by atoms with Crippen LogP contribution in [0.1, 0.15) is 5.56 Å². The van der Waals surface area contributed by atoms with E-state index in [1.807, 2.05) is 18.2 Å². The first-order valence-corrected chi connectivity index (χ1v) is 10.9. The average Bonchev–Trinajstić information content (AvgIpc) is 3.48. The Morgan fingerprint density at radius 1 is 1.00 bits per heavy atom. The normalized spacial score (nSPS) is 12.7. The molecule has 0 saturated carbocycles. The van der Waals surface area contributed by atoms with Crippen LogP contribution >= 0.6 is 22.7 Å². The van der Waals surface area contributed by atoms with Gasteiger partial charge in [0.25, 0.3) is 0 Å². The molecule has 7 heteroatoms. The molecule has 5 aromatic rings. The Morgan fingerprint density at radius 3 is 2.93 bits per heavy atom. The standard InChI is InChI=1S/C22H15N3O2S2/c1-2-4-19-14(3-1)15(10-28-19)20-8-16-21(29-20)22(25-11-24-16)23-9-13-5-6-17-18(7-13)27-12-26-17/h1-8,10-11H,9,12H2,(H,23,24,25). The summed E-state index contributed by atoms with van der Waals surface area (Å²) in [5.74, 6) is 2.44. The fraction of sp³-hybridized carbons (Fsp3) is 0.0909. The van der Waals surface area contributed by atoms with Crippen LogP contribution in [-0.2, 0) is 6.54 Å². The molecule has 0 amide bonds. The molecular weight excluding hydrogens is 402 g/mol. The third kappa shape index (κ3) is 2.90. The molecule has 0 aliphatic carbocycles. The molecule has 4 heterocycles. The number of fused-ring (bicyclic) bond motifs is 3. The van der Waals surface area contributed by atoms with Crippen molar-refractivity contribution in [3.8, 4) is 21.9 Å². The van der Waals surface area contributed by atoms with Gasteiger partial charge in [-0.05, 0) is 29.8 Å². The second-order valence-corrected chi connectivity index (χ2v) is 8.70. The van der Waals surface area contributed by atoms with Gasteiger partial charge in [-0.1, -0.05) is 24.3 Å². The maximum atomic E-state index is 5.47. The SMILES string of the molecule is c1ccc2c(-c3cc4ncnc(NCc5ccc6c(c5)OCO6)c4s3)csc2c1. The van der Waals surface area contributed by atoms with E-state index in [4.69, 9.17) is 9.47 Å². The second kappa shape index (κ2) is 6.72. The lowest BCUT2D eigenvalue weighted by Crippen LogP contribution is -2.01. The maximum absolute atomic E-state index is 5.47. The molecule has 142 valence electrons. The van der Waals surface area contributed by atoms with Gasteiger partial charge in [-0.3, -0.25) is 0 Å². The molecule has 0 fully saturated rings. The summed E-state index contributed by atoms with van der Waals surface area (Å²) in [6.07, 6.45) is 1.62. The summed E-state index contributed by atoms with van der Waals surface area (Å²) in [6.45, 7) is 0.936. The van der Waals surface area contributed by atoms with Gasteiger partial charge < -0.3 is 14.8 Å². The van der Waals surface area contributed by atoms with Gasteiger partial charge in [0, 0.05) is 32.5 Å². The highest BCUT2D eigenvalue weighted by atomic mass is 32.1. The molecule has 1 N–H and O–H groups in total. The minimum absolute atomic E-state index is 0.286. The van der Waals surface area contributed by atoms with Gasteiger partial charge in [0.05, 0.1) is 10.2 Å². The van der Waals surface area contributed by atoms with Gasteiger partial charge in [-0.15, -0.1) is 22.7 Å². The minimum atomic E-state index is 0.286. The van der Waals surface area contributed by atoms with E-state index in [0.717, 1.165) is 33.1 Å². The highest BCUT2D eigenvalue weighted by Gasteiger charge is 2.15. The molecule has 0 spiro atoms. The molecule has 5 nitrogen and oxygen atoms in total. The first-order chi connectivity index (χ1) is 14.3. The zero-order valence-corrected chi connectivity index (χ0v) is 16.8. The topological polar surface area (TPSA) is 56.3 Å². The van der Waals surface area contributed by atoms with Crippen LogP contribution in [0.15, 0.2) is 60.2 Å². The molecular formula is C22H15N3O2S2. The van der Waals surface area contributed by atoms with Crippen molar-refractivity contribution in [1.82, 2.24) is 9.97 Å². The van der Waals surface area contributed by atoms with Crippen LogP contribution in [0.4, 0.5) is 5.82 Å². The Balaban J connectivity index is 1.33. The van der Waals surface area contributed by atoms with Crippen LogP contribution in [0.25, 0.3) is 30.7 Å². The van der Waals surface area contributed by atoms with Gasteiger partial charge in [-0.2, -0.15) is 0 Å². The Kier molecular flexibility index (Phi) is 3.88. The van der Waals surface area contributed by atoms with Crippen LogP contribution in [0.2, 0.25) is 0 Å². The quantitative estimate of drug-likeness (QED) is 0.394. The third-order valence-electron chi connectivity index (χ3n) is 4.95. The van der Waals surface area contributed by atoms with Crippen LogP contribution < -0.4 is 14.8 Å². The number of nitrogens with zero attached hydrogens (tertiary/aromatic N) is 2. The molecule has 1 aliphatic rings. The van der Waals surface area contributed by atoms with Gasteiger partial charge in [0.15, 0.2) is 11.5 Å². The van der Waals surface area contributed by atoms with Crippen molar-refractivity contribution in [2.24, 2.45) is 0 Å². The summed E-state index contributed by atoms with van der Waals surface area (Å²) in [4.78, 5) is 10.2. The molecule has 3 aromatic heterocycles.